The highest BCUT2D eigenvalue weighted by Gasteiger charge is 2.26. The number of carbonyl (C=O) groups excluding carboxylic acids is 1. The molecule has 150 valence electrons. The van der Waals surface area contributed by atoms with Crippen molar-refractivity contribution in [2.24, 2.45) is 5.92 Å². The van der Waals surface area contributed by atoms with Crippen molar-refractivity contribution in [1.29, 1.82) is 0 Å². The summed E-state index contributed by atoms with van der Waals surface area (Å²) in [4.78, 5) is 13.6. The predicted octanol–water partition coefficient (Wildman–Crippen LogP) is 5.68. The highest BCUT2D eigenvalue weighted by atomic mass is 32.2. The summed E-state index contributed by atoms with van der Waals surface area (Å²) < 4.78 is 5.85. The lowest BCUT2D eigenvalue weighted by Gasteiger charge is -2.20. The molecule has 5 heteroatoms. The van der Waals surface area contributed by atoms with Gasteiger partial charge in [0.1, 0.15) is 23.9 Å². The van der Waals surface area contributed by atoms with E-state index in [-0.39, 0.29) is 28.5 Å². The number of benzene rings is 3. The zero-order valence-electron chi connectivity index (χ0n) is 16.4. The second-order valence-electron chi connectivity index (χ2n) is 7.10. The summed E-state index contributed by atoms with van der Waals surface area (Å²) in [6, 6.07) is 21.2. The fourth-order valence-corrected chi connectivity index (χ4v) is 4.00. The standard InChI is InChI=1S/C24H24O4S/c1-16(2)24(23(27)18-8-10-19(25)11-9-18)29-22-14-20(12-13-21(22)26)28-15-17-6-4-3-5-7-17/h3-14,16,24-26H,15H2,1-2H3. The first kappa shape index (κ1) is 20.8. The van der Waals surface area contributed by atoms with Gasteiger partial charge in [-0.1, -0.05) is 44.2 Å². The van der Waals surface area contributed by atoms with Crippen LogP contribution in [0.5, 0.6) is 17.2 Å². The van der Waals surface area contributed by atoms with Crippen LogP contribution in [0.25, 0.3) is 0 Å². The number of phenolic OH excluding ortho intramolecular Hbond substituents is 2. The molecule has 0 saturated carbocycles. The maximum absolute atomic E-state index is 13.0. The first-order chi connectivity index (χ1) is 13.9. The third-order valence-corrected chi connectivity index (χ3v) is 6.04. The summed E-state index contributed by atoms with van der Waals surface area (Å²) in [5.74, 6) is 0.880. The Balaban J connectivity index is 1.77. The molecule has 0 amide bonds. The van der Waals surface area contributed by atoms with E-state index in [0.29, 0.717) is 22.8 Å². The average Bonchev–Trinajstić information content (AvgIpc) is 2.72. The van der Waals surface area contributed by atoms with Crippen LogP contribution >= 0.6 is 11.8 Å². The van der Waals surface area contributed by atoms with Crippen molar-refractivity contribution in [2.75, 3.05) is 0 Å². The van der Waals surface area contributed by atoms with Crippen LogP contribution in [-0.2, 0) is 6.61 Å². The largest absolute Gasteiger partial charge is 0.508 e. The average molecular weight is 409 g/mol. The van der Waals surface area contributed by atoms with Crippen LogP contribution in [0.3, 0.4) is 0 Å². The van der Waals surface area contributed by atoms with E-state index in [1.807, 2.05) is 44.2 Å². The fraction of sp³-hybridized carbons (Fsp3) is 0.208. The Morgan fingerprint density at radius 3 is 2.31 bits per heavy atom. The Kier molecular flexibility index (Phi) is 6.83. The normalized spacial score (nSPS) is 12.0. The van der Waals surface area contributed by atoms with Gasteiger partial charge in [0, 0.05) is 5.56 Å². The Bertz CT molecular complexity index is 952. The van der Waals surface area contributed by atoms with Crippen LogP contribution < -0.4 is 4.74 Å². The van der Waals surface area contributed by atoms with E-state index in [9.17, 15) is 15.0 Å². The minimum Gasteiger partial charge on any atom is -0.508 e. The van der Waals surface area contributed by atoms with Crippen LogP contribution in [-0.4, -0.2) is 21.2 Å². The Morgan fingerprint density at radius 1 is 0.966 bits per heavy atom. The number of hydrogen-bond donors (Lipinski definition) is 2. The van der Waals surface area contributed by atoms with Gasteiger partial charge >= 0.3 is 0 Å². The molecule has 0 radical (unpaired) electrons. The number of phenols is 2. The van der Waals surface area contributed by atoms with Gasteiger partial charge in [0.25, 0.3) is 0 Å². The van der Waals surface area contributed by atoms with Crippen LogP contribution in [0.2, 0.25) is 0 Å². The van der Waals surface area contributed by atoms with Crippen molar-refractivity contribution >= 4 is 17.5 Å². The van der Waals surface area contributed by atoms with E-state index in [0.717, 1.165) is 5.56 Å². The SMILES string of the molecule is CC(C)C(Sc1cc(OCc2ccccc2)ccc1O)C(=O)c1ccc(O)cc1. The summed E-state index contributed by atoms with van der Waals surface area (Å²) in [6.45, 7) is 4.38. The van der Waals surface area contributed by atoms with E-state index in [4.69, 9.17) is 4.74 Å². The molecule has 3 aromatic carbocycles. The van der Waals surface area contributed by atoms with E-state index in [1.165, 1.54) is 23.9 Å². The molecule has 0 aliphatic rings. The molecule has 3 aromatic rings. The number of hydrogen-bond acceptors (Lipinski definition) is 5. The zero-order chi connectivity index (χ0) is 20.8. The lowest BCUT2D eigenvalue weighted by Crippen LogP contribution is -2.23. The minimum atomic E-state index is -0.380. The molecule has 0 aliphatic carbocycles. The van der Waals surface area contributed by atoms with E-state index < -0.39 is 0 Å². The molecule has 0 saturated heterocycles. The molecular weight excluding hydrogens is 384 g/mol. The predicted molar refractivity (Wildman–Crippen MR) is 116 cm³/mol. The van der Waals surface area contributed by atoms with Crippen LogP contribution in [0.1, 0.15) is 29.8 Å². The van der Waals surface area contributed by atoms with Crippen molar-refractivity contribution in [2.45, 2.75) is 30.6 Å². The van der Waals surface area contributed by atoms with Gasteiger partial charge in [0.05, 0.1) is 10.1 Å². The first-order valence-corrected chi connectivity index (χ1v) is 10.3. The number of ketones is 1. The number of thioether (sulfide) groups is 1. The molecule has 3 rings (SSSR count). The first-order valence-electron chi connectivity index (χ1n) is 9.43. The van der Waals surface area contributed by atoms with Crippen LogP contribution in [0, 0.1) is 5.92 Å². The summed E-state index contributed by atoms with van der Waals surface area (Å²) in [5, 5.41) is 19.4. The Morgan fingerprint density at radius 2 is 1.66 bits per heavy atom. The second-order valence-corrected chi connectivity index (χ2v) is 8.28. The summed E-state index contributed by atoms with van der Waals surface area (Å²) in [6.07, 6.45) is 0. The van der Waals surface area contributed by atoms with Gasteiger partial charge in [-0.15, -0.1) is 11.8 Å². The van der Waals surface area contributed by atoms with Crippen molar-refractivity contribution in [3.8, 4) is 17.2 Å². The highest BCUT2D eigenvalue weighted by Crippen LogP contribution is 2.38. The molecular formula is C24H24O4S. The molecule has 0 fully saturated rings. The quantitative estimate of drug-likeness (QED) is 0.371. The molecule has 0 aromatic heterocycles. The number of aromatic hydroxyl groups is 2. The molecule has 1 atom stereocenters. The Hall–Kier alpha value is -2.92. The molecule has 4 nitrogen and oxygen atoms in total. The maximum atomic E-state index is 13.0. The van der Waals surface area contributed by atoms with Crippen LogP contribution in [0.4, 0.5) is 0 Å². The van der Waals surface area contributed by atoms with Gasteiger partial charge in [-0.05, 0) is 53.9 Å². The second kappa shape index (κ2) is 9.52. The van der Waals surface area contributed by atoms with Gasteiger partial charge in [-0.3, -0.25) is 4.79 Å². The van der Waals surface area contributed by atoms with E-state index in [2.05, 4.69) is 0 Å². The van der Waals surface area contributed by atoms with Crippen molar-refractivity contribution in [1.82, 2.24) is 0 Å². The van der Waals surface area contributed by atoms with E-state index >= 15 is 0 Å². The smallest absolute Gasteiger partial charge is 0.176 e. The summed E-state index contributed by atoms with van der Waals surface area (Å²) >= 11 is 1.32. The van der Waals surface area contributed by atoms with Gasteiger partial charge in [0.2, 0.25) is 0 Å². The monoisotopic (exact) mass is 408 g/mol. The topological polar surface area (TPSA) is 66.8 Å². The summed E-state index contributed by atoms with van der Waals surface area (Å²) in [5.41, 5.74) is 1.59. The third-order valence-electron chi connectivity index (χ3n) is 4.45. The number of carbonyl (C=O) groups is 1. The molecule has 0 bridgehead atoms. The van der Waals surface area contributed by atoms with Gasteiger partial charge in [0.15, 0.2) is 5.78 Å². The zero-order valence-corrected chi connectivity index (χ0v) is 17.2. The molecule has 1 unspecified atom stereocenters. The molecule has 0 heterocycles. The van der Waals surface area contributed by atoms with Crippen LogP contribution in [0.15, 0.2) is 77.7 Å². The fourth-order valence-electron chi connectivity index (χ4n) is 2.84. The molecule has 2 N–H and O–H groups in total. The lowest BCUT2D eigenvalue weighted by molar-refractivity contribution is 0.0975. The Labute approximate surface area is 175 Å². The van der Waals surface area contributed by atoms with Gasteiger partial charge in [-0.2, -0.15) is 0 Å². The third kappa shape index (κ3) is 5.55. The summed E-state index contributed by atoms with van der Waals surface area (Å²) in [7, 11) is 0. The van der Waals surface area contributed by atoms with Gasteiger partial charge < -0.3 is 14.9 Å². The number of Topliss-reactive ketones (excluding diaryl/α,β-unsaturated/α-hetero) is 1. The van der Waals surface area contributed by atoms with Gasteiger partial charge in [-0.25, -0.2) is 0 Å². The molecule has 29 heavy (non-hydrogen) atoms. The van der Waals surface area contributed by atoms with Crippen molar-refractivity contribution < 1.29 is 19.7 Å². The van der Waals surface area contributed by atoms with Crippen molar-refractivity contribution in [3.63, 3.8) is 0 Å². The minimum absolute atomic E-state index is 0.0417. The highest BCUT2D eigenvalue weighted by molar-refractivity contribution is 8.00. The molecule has 0 spiro atoms. The van der Waals surface area contributed by atoms with E-state index in [1.54, 1.807) is 30.3 Å². The molecule has 0 aliphatic heterocycles. The lowest BCUT2D eigenvalue weighted by atomic mass is 10.0. The maximum Gasteiger partial charge on any atom is 0.176 e. The van der Waals surface area contributed by atoms with Crippen molar-refractivity contribution in [3.05, 3.63) is 83.9 Å². The number of rotatable bonds is 8. The number of ether oxygens (including phenoxy) is 1.